The Kier molecular flexibility index (Phi) is 2.67. The van der Waals surface area contributed by atoms with Crippen molar-refractivity contribution >= 4 is 17.6 Å². The fourth-order valence-corrected chi connectivity index (χ4v) is 2.43. The Morgan fingerprint density at radius 1 is 1.47 bits per heavy atom. The summed E-state index contributed by atoms with van der Waals surface area (Å²) in [6, 6.07) is 5.25. The van der Waals surface area contributed by atoms with Crippen LogP contribution in [0, 0.1) is 0 Å². The molecule has 1 aromatic rings. The Morgan fingerprint density at radius 2 is 2.26 bits per heavy atom. The van der Waals surface area contributed by atoms with E-state index in [9.17, 15) is 9.59 Å². The Balaban J connectivity index is 1.94. The molecule has 1 atom stereocenters. The van der Waals surface area contributed by atoms with E-state index in [1.807, 2.05) is 0 Å². The zero-order chi connectivity index (χ0) is 13.5. The number of carboxylic acid groups (broad SMARTS) is 1. The molecule has 1 aromatic carbocycles. The SMILES string of the molecule is O=C(O)CC1(c2ccc3c(c2)NC(=O)CO3)CCO1. The van der Waals surface area contributed by atoms with Gasteiger partial charge in [0.1, 0.15) is 11.4 Å². The first-order valence-electron chi connectivity index (χ1n) is 6.02. The lowest BCUT2D eigenvalue weighted by molar-refractivity contribution is -0.176. The number of hydrogen-bond donors (Lipinski definition) is 2. The van der Waals surface area contributed by atoms with Crippen molar-refractivity contribution in [3.63, 3.8) is 0 Å². The molecule has 100 valence electrons. The molecule has 1 saturated heterocycles. The zero-order valence-corrected chi connectivity index (χ0v) is 10.1. The van der Waals surface area contributed by atoms with Gasteiger partial charge in [0.2, 0.25) is 0 Å². The van der Waals surface area contributed by atoms with Crippen LogP contribution in [-0.4, -0.2) is 30.2 Å². The summed E-state index contributed by atoms with van der Waals surface area (Å²) in [5.41, 5.74) is 0.544. The predicted octanol–water partition coefficient (Wildman–Crippen LogP) is 1.11. The van der Waals surface area contributed by atoms with Crippen LogP contribution >= 0.6 is 0 Å². The number of hydrogen-bond acceptors (Lipinski definition) is 4. The maximum absolute atomic E-state index is 11.3. The van der Waals surface area contributed by atoms with Crippen molar-refractivity contribution in [1.82, 2.24) is 0 Å². The molecule has 1 unspecified atom stereocenters. The second-order valence-corrected chi connectivity index (χ2v) is 4.71. The third-order valence-electron chi connectivity index (χ3n) is 3.46. The molecule has 3 rings (SSSR count). The van der Waals surface area contributed by atoms with Gasteiger partial charge in [-0.2, -0.15) is 0 Å². The maximum atomic E-state index is 11.3. The van der Waals surface area contributed by atoms with Crippen molar-refractivity contribution in [2.24, 2.45) is 0 Å². The minimum absolute atomic E-state index is 0.00309. The van der Waals surface area contributed by atoms with E-state index in [0.29, 0.717) is 24.5 Å². The molecule has 0 aromatic heterocycles. The molecular weight excluding hydrogens is 250 g/mol. The minimum Gasteiger partial charge on any atom is -0.482 e. The summed E-state index contributed by atoms with van der Waals surface area (Å²) in [5.74, 6) is -0.530. The van der Waals surface area contributed by atoms with Gasteiger partial charge in [0.05, 0.1) is 18.7 Å². The van der Waals surface area contributed by atoms with Crippen LogP contribution in [0.2, 0.25) is 0 Å². The van der Waals surface area contributed by atoms with Gasteiger partial charge in [-0.15, -0.1) is 0 Å². The molecule has 0 saturated carbocycles. The molecule has 0 bridgehead atoms. The van der Waals surface area contributed by atoms with Crippen LogP contribution in [0.1, 0.15) is 18.4 Å². The lowest BCUT2D eigenvalue weighted by atomic mass is 9.83. The average Bonchev–Trinajstić information content (AvgIpc) is 2.32. The van der Waals surface area contributed by atoms with E-state index in [-0.39, 0.29) is 18.9 Å². The number of aliphatic carboxylic acids is 1. The molecular formula is C13H13NO5. The standard InChI is InChI=1S/C13H13NO5/c15-11-7-18-10-2-1-8(5-9(10)14-11)13(3-4-19-13)6-12(16)17/h1-2,5H,3-4,6-7H2,(H,14,15)(H,16,17). The van der Waals surface area contributed by atoms with Gasteiger partial charge in [0.25, 0.3) is 5.91 Å². The van der Waals surface area contributed by atoms with Gasteiger partial charge in [-0.3, -0.25) is 9.59 Å². The Bertz CT molecular complexity index is 550. The quantitative estimate of drug-likeness (QED) is 0.853. The molecule has 2 heterocycles. The van der Waals surface area contributed by atoms with Crippen molar-refractivity contribution in [1.29, 1.82) is 0 Å². The molecule has 0 spiro atoms. The summed E-state index contributed by atoms with van der Waals surface area (Å²) in [5, 5.41) is 11.7. The van der Waals surface area contributed by atoms with Gasteiger partial charge in [-0.05, 0) is 17.7 Å². The summed E-state index contributed by atoms with van der Waals surface area (Å²) in [6.45, 7) is 0.552. The van der Waals surface area contributed by atoms with Crippen LogP contribution < -0.4 is 10.1 Å². The fourth-order valence-electron chi connectivity index (χ4n) is 2.43. The molecule has 19 heavy (non-hydrogen) atoms. The molecule has 0 radical (unpaired) electrons. The van der Waals surface area contributed by atoms with Crippen LogP contribution in [0.25, 0.3) is 0 Å². The molecule has 1 amide bonds. The summed E-state index contributed by atoms with van der Waals surface area (Å²) in [4.78, 5) is 22.2. The van der Waals surface area contributed by atoms with Crippen molar-refractivity contribution in [2.45, 2.75) is 18.4 Å². The van der Waals surface area contributed by atoms with Crippen LogP contribution in [0.5, 0.6) is 5.75 Å². The third-order valence-corrected chi connectivity index (χ3v) is 3.46. The van der Waals surface area contributed by atoms with E-state index >= 15 is 0 Å². The molecule has 2 N–H and O–H groups in total. The first kappa shape index (κ1) is 12.0. The van der Waals surface area contributed by atoms with E-state index in [0.717, 1.165) is 5.56 Å². The zero-order valence-electron chi connectivity index (χ0n) is 10.1. The van der Waals surface area contributed by atoms with Crippen LogP contribution in [-0.2, 0) is 19.9 Å². The highest BCUT2D eigenvalue weighted by Crippen LogP contribution is 2.43. The van der Waals surface area contributed by atoms with Gasteiger partial charge in [0.15, 0.2) is 6.61 Å². The van der Waals surface area contributed by atoms with E-state index < -0.39 is 11.6 Å². The Hall–Kier alpha value is -2.08. The molecule has 0 aliphatic carbocycles. The maximum Gasteiger partial charge on any atom is 0.306 e. The highest BCUT2D eigenvalue weighted by Gasteiger charge is 2.42. The second kappa shape index (κ2) is 4.24. The van der Waals surface area contributed by atoms with Crippen molar-refractivity contribution in [3.05, 3.63) is 23.8 Å². The first-order chi connectivity index (χ1) is 9.09. The van der Waals surface area contributed by atoms with Gasteiger partial charge in [-0.1, -0.05) is 6.07 Å². The predicted molar refractivity (Wildman–Crippen MR) is 65.1 cm³/mol. The van der Waals surface area contributed by atoms with Crippen LogP contribution in [0.3, 0.4) is 0 Å². The van der Waals surface area contributed by atoms with E-state index in [2.05, 4.69) is 5.32 Å². The number of nitrogens with one attached hydrogen (secondary N) is 1. The minimum atomic E-state index is -0.905. The summed E-state index contributed by atoms with van der Waals surface area (Å²) < 4.78 is 10.8. The number of amides is 1. The molecule has 6 heteroatoms. The molecule has 2 aliphatic rings. The third kappa shape index (κ3) is 2.04. The lowest BCUT2D eigenvalue weighted by Gasteiger charge is -2.41. The number of carbonyl (C=O) groups is 2. The van der Waals surface area contributed by atoms with Crippen molar-refractivity contribution in [2.75, 3.05) is 18.5 Å². The summed E-state index contributed by atoms with van der Waals surface area (Å²) in [7, 11) is 0. The van der Waals surface area contributed by atoms with Gasteiger partial charge in [-0.25, -0.2) is 0 Å². The van der Waals surface area contributed by atoms with Crippen molar-refractivity contribution in [3.8, 4) is 5.75 Å². The molecule has 6 nitrogen and oxygen atoms in total. The smallest absolute Gasteiger partial charge is 0.306 e. The summed E-state index contributed by atoms with van der Waals surface area (Å²) in [6.07, 6.45) is 0.577. The van der Waals surface area contributed by atoms with Crippen LogP contribution in [0.15, 0.2) is 18.2 Å². The normalized spacial score (nSPS) is 24.7. The second-order valence-electron chi connectivity index (χ2n) is 4.71. The highest BCUT2D eigenvalue weighted by atomic mass is 16.5. The Labute approximate surface area is 109 Å². The van der Waals surface area contributed by atoms with E-state index in [1.54, 1.807) is 18.2 Å². The number of benzene rings is 1. The number of fused-ring (bicyclic) bond motifs is 1. The van der Waals surface area contributed by atoms with Crippen LogP contribution in [0.4, 0.5) is 5.69 Å². The van der Waals surface area contributed by atoms with E-state index in [1.165, 1.54) is 0 Å². The number of anilines is 1. The number of carbonyl (C=O) groups excluding carboxylic acids is 1. The van der Waals surface area contributed by atoms with Crippen molar-refractivity contribution < 1.29 is 24.2 Å². The largest absolute Gasteiger partial charge is 0.482 e. The van der Waals surface area contributed by atoms with Gasteiger partial charge in [0, 0.05) is 6.42 Å². The van der Waals surface area contributed by atoms with E-state index in [4.69, 9.17) is 14.6 Å². The molecule has 2 aliphatic heterocycles. The number of carboxylic acids is 1. The molecule has 1 fully saturated rings. The monoisotopic (exact) mass is 263 g/mol. The first-order valence-corrected chi connectivity index (χ1v) is 6.02. The fraction of sp³-hybridized carbons (Fsp3) is 0.385. The van der Waals surface area contributed by atoms with Gasteiger partial charge < -0.3 is 19.9 Å². The highest BCUT2D eigenvalue weighted by molar-refractivity contribution is 5.95. The summed E-state index contributed by atoms with van der Waals surface area (Å²) >= 11 is 0. The Morgan fingerprint density at radius 3 is 2.89 bits per heavy atom. The average molecular weight is 263 g/mol. The topological polar surface area (TPSA) is 84.9 Å². The number of ether oxygens (including phenoxy) is 2. The van der Waals surface area contributed by atoms with Gasteiger partial charge >= 0.3 is 5.97 Å². The number of rotatable bonds is 3. The lowest BCUT2D eigenvalue weighted by Crippen LogP contribution is -2.42.